The number of benzene rings is 2. The normalized spacial score (nSPS) is 12.1. The second-order valence-corrected chi connectivity index (χ2v) is 7.52. The van der Waals surface area contributed by atoms with E-state index in [1.807, 2.05) is 81.4 Å². The Morgan fingerprint density at radius 1 is 1.00 bits per heavy atom. The zero-order chi connectivity index (χ0) is 22.0. The molecule has 0 saturated heterocycles. The molecule has 7 heteroatoms. The van der Waals surface area contributed by atoms with Crippen molar-refractivity contribution in [2.45, 2.75) is 39.8 Å². The van der Waals surface area contributed by atoms with Crippen molar-refractivity contribution in [2.24, 2.45) is 0 Å². The Morgan fingerprint density at radius 2 is 1.65 bits per heavy atom. The van der Waals surface area contributed by atoms with Gasteiger partial charge in [0.25, 0.3) is 5.56 Å². The Bertz CT molecular complexity index is 1280. The molecule has 1 atom stereocenters. The minimum Gasteiger partial charge on any atom is -0.350 e. The van der Waals surface area contributed by atoms with Crippen LogP contribution in [-0.2, 0) is 11.3 Å². The van der Waals surface area contributed by atoms with Crippen molar-refractivity contribution in [3.05, 3.63) is 88.0 Å². The highest BCUT2D eigenvalue weighted by Gasteiger charge is 2.25. The molecule has 1 unspecified atom stereocenters. The molecular formula is C24H25N5O2. The summed E-state index contributed by atoms with van der Waals surface area (Å²) in [6.45, 7) is 6.03. The number of fused-ring (bicyclic) bond motifs is 1. The van der Waals surface area contributed by atoms with Crippen molar-refractivity contribution in [1.82, 2.24) is 24.9 Å². The first kappa shape index (κ1) is 20.5. The highest BCUT2D eigenvalue weighted by molar-refractivity contribution is 5.84. The Kier molecular flexibility index (Phi) is 5.66. The van der Waals surface area contributed by atoms with Crippen molar-refractivity contribution in [2.75, 3.05) is 0 Å². The van der Waals surface area contributed by atoms with Gasteiger partial charge in [0.15, 0.2) is 5.52 Å². The van der Waals surface area contributed by atoms with Gasteiger partial charge in [0.05, 0.1) is 22.5 Å². The van der Waals surface area contributed by atoms with Gasteiger partial charge in [-0.1, -0.05) is 55.5 Å². The third-order valence-corrected chi connectivity index (χ3v) is 5.44. The maximum Gasteiger partial charge on any atom is 0.295 e. The van der Waals surface area contributed by atoms with Gasteiger partial charge in [0, 0.05) is 6.54 Å². The van der Waals surface area contributed by atoms with Crippen LogP contribution in [0.3, 0.4) is 0 Å². The fourth-order valence-corrected chi connectivity index (χ4v) is 3.85. The molecule has 1 amide bonds. The van der Waals surface area contributed by atoms with E-state index in [2.05, 4.69) is 15.5 Å². The minimum absolute atomic E-state index is 0.237. The molecule has 0 aliphatic carbocycles. The summed E-state index contributed by atoms with van der Waals surface area (Å²) >= 11 is 0. The Labute approximate surface area is 180 Å². The van der Waals surface area contributed by atoms with Gasteiger partial charge in [0.2, 0.25) is 5.91 Å². The molecule has 2 aromatic heterocycles. The van der Waals surface area contributed by atoms with Crippen LogP contribution in [0.1, 0.15) is 36.3 Å². The van der Waals surface area contributed by atoms with Crippen LogP contribution in [0.25, 0.3) is 16.6 Å². The SMILES string of the molecule is CCC(C(=O)NCc1ccccc1)n1nc(C)c2c(C)n(-c3ccccc3)nc2c1=O. The molecule has 0 bridgehead atoms. The van der Waals surface area contributed by atoms with Crippen molar-refractivity contribution in [3.8, 4) is 5.69 Å². The van der Waals surface area contributed by atoms with Crippen LogP contribution in [0.4, 0.5) is 0 Å². The molecule has 0 aliphatic heterocycles. The highest BCUT2D eigenvalue weighted by Crippen LogP contribution is 2.22. The van der Waals surface area contributed by atoms with E-state index in [1.165, 1.54) is 4.68 Å². The number of rotatable bonds is 6. The van der Waals surface area contributed by atoms with Crippen molar-refractivity contribution in [3.63, 3.8) is 0 Å². The molecule has 0 radical (unpaired) electrons. The summed E-state index contributed by atoms with van der Waals surface area (Å²) in [5, 5.41) is 12.7. The zero-order valence-electron chi connectivity index (χ0n) is 17.9. The molecule has 0 spiro atoms. The van der Waals surface area contributed by atoms with E-state index < -0.39 is 6.04 Å². The van der Waals surface area contributed by atoms with Crippen LogP contribution in [0.5, 0.6) is 0 Å². The number of carbonyl (C=O) groups excluding carboxylic acids is 1. The first-order valence-electron chi connectivity index (χ1n) is 10.4. The first-order valence-corrected chi connectivity index (χ1v) is 10.4. The lowest BCUT2D eigenvalue weighted by Gasteiger charge is -2.17. The summed E-state index contributed by atoms with van der Waals surface area (Å²) in [6, 6.07) is 18.6. The lowest BCUT2D eigenvalue weighted by atomic mass is 10.1. The predicted molar refractivity (Wildman–Crippen MR) is 120 cm³/mol. The highest BCUT2D eigenvalue weighted by atomic mass is 16.2. The van der Waals surface area contributed by atoms with Crippen LogP contribution in [0.2, 0.25) is 0 Å². The quantitative estimate of drug-likeness (QED) is 0.523. The fourth-order valence-electron chi connectivity index (χ4n) is 3.85. The summed E-state index contributed by atoms with van der Waals surface area (Å²) in [5.74, 6) is -0.237. The third-order valence-electron chi connectivity index (χ3n) is 5.44. The summed E-state index contributed by atoms with van der Waals surface area (Å²) in [5.41, 5.74) is 3.34. The number of nitrogens with one attached hydrogen (secondary N) is 1. The molecule has 31 heavy (non-hydrogen) atoms. The topological polar surface area (TPSA) is 81.8 Å². The Morgan fingerprint density at radius 3 is 2.29 bits per heavy atom. The maximum absolute atomic E-state index is 13.3. The van der Waals surface area contributed by atoms with Gasteiger partial charge in [-0.2, -0.15) is 10.2 Å². The van der Waals surface area contributed by atoms with Crippen molar-refractivity contribution in [1.29, 1.82) is 0 Å². The molecule has 2 aromatic carbocycles. The molecule has 2 heterocycles. The van der Waals surface area contributed by atoms with Gasteiger partial charge < -0.3 is 5.32 Å². The van der Waals surface area contributed by atoms with E-state index in [-0.39, 0.29) is 11.5 Å². The van der Waals surface area contributed by atoms with E-state index in [4.69, 9.17) is 0 Å². The summed E-state index contributed by atoms with van der Waals surface area (Å²) < 4.78 is 3.03. The number of carbonyl (C=O) groups is 1. The van der Waals surface area contributed by atoms with Crippen molar-refractivity contribution >= 4 is 16.8 Å². The second kappa shape index (κ2) is 8.55. The van der Waals surface area contributed by atoms with Gasteiger partial charge in [-0.3, -0.25) is 9.59 Å². The van der Waals surface area contributed by atoms with E-state index in [0.29, 0.717) is 24.2 Å². The van der Waals surface area contributed by atoms with Gasteiger partial charge in [-0.15, -0.1) is 0 Å². The maximum atomic E-state index is 13.3. The van der Waals surface area contributed by atoms with E-state index >= 15 is 0 Å². The van der Waals surface area contributed by atoms with Crippen LogP contribution in [0.15, 0.2) is 65.5 Å². The summed E-state index contributed by atoms with van der Waals surface area (Å²) in [4.78, 5) is 26.2. The molecular weight excluding hydrogens is 390 g/mol. The molecule has 1 N–H and O–H groups in total. The number of hydrogen-bond acceptors (Lipinski definition) is 4. The smallest absolute Gasteiger partial charge is 0.295 e. The molecule has 0 saturated carbocycles. The van der Waals surface area contributed by atoms with E-state index in [0.717, 1.165) is 22.3 Å². The average molecular weight is 415 g/mol. The lowest BCUT2D eigenvalue weighted by molar-refractivity contribution is -0.125. The van der Waals surface area contributed by atoms with Crippen LogP contribution in [0, 0.1) is 13.8 Å². The fraction of sp³-hybridized carbons (Fsp3) is 0.250. The minimum atomic E-state index is -0.707. The van der Waals surface area contributed by atoms with Gasteiger partial charge in [-0.25, -0.2) is 9.36 Å². The van der Waals surface area contributed by atoms with E-state index in [1.54, 1.807) is 4.68 Å². The third kappa shape index (κ3) is 3.86. The average Bonchev–Trinajstić information content (AvgIpc) is 3.15. The molecule has 0 aliphatic rings. The predicted octanol–water partition coefficient (Wildman–Crippen LogP) is 3.47. The zero-order valence-corrected chi connectivity index (χ0v) is 17.9. The standard InChI is InChI=1S/C24H25N5O2/c1-4-20(23(30)25-15-18-11-7-5-8-12-18)29-24(31)22-21(16(2)26-29)17(3)28(27-22)19-13-9-6-10-14-19/h5-14,20H,4,15H2,1-3H3,(H,25,30). The molecule has 7 nitrogen and oxygen atoms in total. The molecule has 4 rings (SSSR count). The summed E-state index contributed by atoms with van der Waals surface area (Å²) in [7, 11) is 0. The van der Waals surface area contributed by atoms with Gasteiger partial charge >= 0.3 is 0 Å². The number of hydrogen-bond donors (Lipinski definition) is 1. The Hall–Kier alpha value is -3.74. The van der Waals surface area contributed by atoms with Gasteiger partial charge in [0.1, 0.15) is 6.04 Å². The van der Waals surface area contributed by atoms with Crippen LogP contribution >= 0.6 is 0 Å². The van der Waals surface area contributed by atoms with Crippen LogP contribution in [-0.4, -0.2) is 25.5 Å². The number of para-hydroxylation sites is 1. The Balaban J connectivity index is 1.72. The van der Waals surface area contributed by atoms with E-state index in [9.17, 15) is 9.59 Å². The first-order chi connectivity index (χ1) is 15.0. The largest absolute Gasteiger partial charge is 0.350 e. The summed E-state index contributed by atoms with van der Waals surface area (Å²) in [6.07, 6.45) is 0.441. The number of aryl methyl sites for hydroxylation is 2. The molecule has 4 aromatic rings. The van der Waals surface area contributed by atoms with Gasteiger partial charge in [-0.05, 0) is 38.0 Å². The monoisotopic (exact) mass is 415 g/mol. The molecule has 0 fully saturated rings. The number of nitrogens with zero attached hydrogens (tertiary/aromatic N) is 4. The second-order valence-electron chi connectivity index (χ2n) is 7.52. The molecule has 158 valence electrons. The number of aromatic nitrogens is 4. The van der Waals surface area contributed by atoms with Crippen molar-refractivity contribution < 1.29 is 4.79 Å². The number of amides is 1. The van der Waals surface area contributed by atoms with Crippen LogP contribution < -0.4 is 10.9 Å². The lowest BCUT2D eigenvalue weighted by Crippen LogP contribution is -2.38.